The molecule has 0 radical (unpaired) electrons. The van der Waals surface area contributed by atoms with Gasteiger partial charge in [0, 0.05) is 5.56 Å². The van der Waals surface area contributed by atoms with Crippen LogP contribution in [-0.4, -0.2) is 44.8 Å². The lowest BCUT2D eigenvalue weighted by Gasteiger charge is -2.06. The predicted octanol–water partition coefficient (Wildman–Crippen LogP) is 2.80. The number of methoxy groups -OCH3 is 2. The zero-order valence-corrected chi connectivity index (χ0v) is 18.6. The molecule has 0 aromatic heterocycles. The minimum atomic E-state index is -0.516. The van der Waals surface area contributed by atoms with Crippen LogP contribution in [0, 0.1) is 0 Å². The molecule has 0 fully saturated rings. The molecule has 0 aliphatic carbocycles. The molecule has 9 nitrogen and oxygen atoms in total. The molecule has 3 aromatic rings. The molecule has 0 aliphatic rings. The van der Waals surface area contributed by atoms with E-state index < -0.39 is 17.8 Å². The minimum absolute atomic E-state index is 0.248. The van der Waals surface area contributed by atoms with Gasteiger partial charge in [-0.3, -0.25) is 9.59 Å². The largest absolute Gasteiger partial charge is 0.497 e. The van der Waals surface area contributed by atoms with Crippen molar-refractivity contribution in [2.75, 3.05) is 20.8 Å². The minimum Gasteiger partial charge on any atom is -0.497 e. The molecule has 0 bridgehead atoms. The highest BCUT2D eigenvalue weighted by molar-refractivity contribution is 5.96. The Hall–Kier alpha value is -4.66. The zero-order valence-electron chi connectivity index (χ0n) is 18.6. The van der Waals surface area contributed by atoms with Crippen molar-refractivity contribution in [2.45, 2.75) is 0 Å². The molecule has 174 valence electrons. The summed E-state index contributed by atoms with van der Waals surface area (Å²) in [5.41, 5.74) is 3.71. The van der Waals surface area contributed by atoms with Gasteiger partial charge in [-0.05, 0) is 66.2 Å². The van der Waals surface area contributed by atoms with Gasteiger partial charge in [0.1, 0.15) is 17.2 Å². The van der Waals surface area contributed by atoms with Crippen LogP contribution < -0.4 is 25.0 Å². The van der Waals surface area contributed by atoms with Crippen LogP contribution in [0.1, 0.15) is 26.3 Å². The molecule has 0 saturated carbocycles. The predicted molar refractivity (Wildman–Crippen MR) is 125 cm³/mol. The number of hydrazone groups is 1. The van der Waals surface area contributed by atoms with Gasteiger partial charge < -0.3 is 19.5 Å². The van der Waals surface area contributed by atoms with E-state index in [1.807, 2.05) is 0 Å². The van der Waals surface area contributed by atoms with Crippen LogP contribution >= 0.6 is 0 Å². The maximum atomic E-state index is 12.3. The quantitative estimate of drug-likeness (QED) is 0.219. The number of carbonyl (C=O) groups is 3. The second-order valence-electron chi connectivity index (χ2n) is 6.89. The fourth-order valence-electron chi connectivity index (χ4n) is 2.77. The number of nitrogens with one attached hydrogen (secondary N) is 2. The Bertz CT molecular complexity index is 1170. The SMILES string of the molecule is COc1ccc(C(=O)NCC(=O)N/N=C\c2cccc(OC(=O)c3ccc(OC)cc3)c2)cc1. The third-order valence-corrected chi connectivity index (χ3v) is 4.56. The maximum Gasteiger partial charge on any atom is 0.343 e. The van der Waals surface area contributed by atoms with Crippen LogP contribution in [0.5, 0.6) is 17.2 Å². The first kappa shape index (κ1) is 24.0. The summed E-state index contributed by atoms with van der Waals surface area (Å²) in [5.74, 6) is 0.175. The molecule has 3 rings (SSSR count). The van der Waals surface area contributed by atoms with Crippen molar-refractivity contribution in [3.8, 4) is 17.2 Å². The van der Waals surface area contributed by atoms with Crippen LogP contribution in [0.2, 0.25) is 0 Å². The number of ether oxygens (including phenoxy) is 3. The summed E-state index contributed by atoms with van der Waals surface area (Å²) >= 11 is 0. The molecule has 3 aromatic carbocycles. The Labute approximate surface area is 196 Å². The number of benzene rings is 3. The first-order valence-corrected chi connectivity index (χ1v) is 10.2. The Kier molecular flexibility index (Phi) is 8.34. The van der Waals surface area contributed by atoms with Gasteiger partial charge in [-0.2, -0.15) is 5.10 Å². The van der Waals surface area contributed by atoms with Crippen molar-refractivity contribution >= 4 is 24.0 Å². The van der Waals surface area contributed by atoms with Crippen LogP contribution in [0.15, 0.2) is 77.9 Å². The molecule has 0 saturated heterocycles. The van der Waals surface area contributed by atoms with Crippen molar-refractivity contribution < 1.29 is 28.6 Å². The van der Waals surface area contributed by atoms with Crippen LogP contribution in [-0.2, 0) is 4.79 Å². The lowest BCUT2D eigenvalue weighted by atomic mass is 10.2. The molecular weight excluding hydrogens is 438 g/mol. The third kappa shape index (κ3) is 6.92. The molecule has 34 heavy (non-hydrogen) atoms. The number of carbonyl (C=O) groups excluding carboxylic acids is 3. The summed E-state index contributed by atoms with van der Waals surface area (Å²) in [6, 6.07) is 19.7. The highest BCUT2D eigenvalue weighted by Crippen LogP contribution is 2.16. The molecule has 0 spiro atoms. The summed E-state index contributed by atoms with van der Waals surface area (Å²) in [7, 11) is 3.08. The van der Waals surface area contributed by atoms with E-state index in [1.54, 1.807) is 79.9 Å². The van der Waals surface area contributed by atoms with E-state index in [4.69, 9.17) is 14.2 Å². The van der Waals surface area contributed by atoms with Gasteiger partial charge in [-0.25, -0.2) is 10.2 Å². The fraction of sp³-hybridized carbons (Fsp3) is 0.120. The van der Waals surface area contributed by atoms with Gasteiger partial charge in [-0.15, -0.1) is 0 Å². The van der Waals surface area contributed by atoms with Gasteiger partial charge in [0.15, 0.2) is 0 Å². The normalized spacial score (nSPS) is 10.4. The lowest BCUT2D eigenvalue weighted by molar-refractivity contribution is -0.120. The van der Waals surface area contributed by atoms with Gasteiger partial charge in [0.2, 0.25) is 0 Å². The summed E-state index contributed by atoms with van der Waals surface area (Å²) in [5, 5.41) is 6.37. The maximum absolute atomic E-state index is 12.3. The number of amides is 2. The highest BCUT2D eigenvalue weighted by atomic mass is 16.5. The van der Waals surface area contributed by atoms with Gasteiger partial charge >= 0.3 is 5.97 Å². The number of rotatable bonds is 9. The Morgan fingerprint density at radius 2 is 1.44 bits per heavy atom. The second-order valence-corrected chi connectivity index (χ2v) is 6.89. The lowest BCUT2D eigenvalue weighted by Crippen LogP contribution is -2.34. The molecule has 2 amide bonds. The van der Waals surface area contributed by atoms with E-state index in [0.717, 1.165) is 0 Å². The number of hydrogen-bond acceptors (Lipinski definition) is 7. The average Bonchev–Trinajstić information content (AvgIpc) is 2.87. The van der Waals surface area contributed by atoms with E-state index in [9.17, 15) is 14.4 Å². The van der Waals surface area contributed by atoms with E-state index in [-0.39, 0.29) is 6.54 Å². The molecule has 0 atom stereocenters. The smallest absolute Gasteiger partial charge is 0.343 e. The van der Waals surface area contributed by atoms with Gasteiger partial charge in [0.05, 0.1) is 32.5 Å². The van der Waals surface area contributed by atoms with E-state index in [1.165, 1.54) is 13.3 Å². The molecule has 0 unspecified atom stereocenters. The van der Waals surface area contributed by atoms with Crippen molar-refractivity contribution in [1.82, 2.24) is 10.7 Å². The van der Waals surface area contributed by atoms with Crippen molar-refractivity contribution in [1.29, 1.82) is 0 Å². The van der Waals surface area contributed by atoms with E-state index in [0.29, 0.717) is 33.9 Å². The van der Waals surface area contributed by atoms with Crippen LogP contribution in [0.4, 0.5) is 0 Å². The number of nitrogens with zero attached hydrogens (tertiary/aromatic N) is 1. The fourth-order valence-corrected chi connectivity index (χ4v) is 2.77. The standard InChI is InChI=1S/C25H23N3O6/c1-32-20-10-6-18(7-11-20)24(30)26-16-23(29)28-27-15-17-4-3-5-22(14-17)34-25(31)19-8-12-21(33-2)13-9-19/h3-15H,16H2,1-2H3,(H,26,30)(H,28,29)/b27-15-. The van der Waals surface area contributed by atoms with Crippen molar-refractivity contribution in [2.24, 2.45) is 5.10 Å². The summed E-state index contributed by atoms with van der Waals surface area (Å²) in [6.07, 6.45) is 1.40. The van der Waals surface area contributed by atoms with Crippen LogP contribution in [0.3, 0.4) is 0 Å². The summed E-state index contributed by atoms with van der Waals surface area (Å²) < 4.78 is 15.5. The monoisotopic (exact) mass is 461 g/mol. The third-order valence-electron chi connectivity index (χ3n) is 4.56. The highest BCUT2D eigenvalue weighted by Gasteiger charge is 2.10. The van der Waals surface area contributed by atoms with Crippen LogP contribution in [0.25, 0.3) is 0 Å². The molecule has 0 heterocycles. The number of esters is 1. The Morgan fingerprint density at radius 3 is 2.06 bits per heavy atom. The summed E-state index contributed by atoms with van der Waals surface area (Å²) in [6.45, 7) is -0.248. The Balaban J connectivity index is 1.48. The number of hydrogen-bond donors (Lipinski definition) is 2. The summed E-state index contributed by atoms with van der Waals surface area (Å²) in [4.78, 5) is 36.3. The first-order chi connectivity index (χ1) is 16.5. The van der Waals surface area contributed by atoms with Crippen molar-refractivity contribution in [3.63, 3.8) is 0 Å². The topological polar surface area (TPSA) is 115 Å². The van der Waals surface area contributed by atoms with E-state index >= 15 is 0 Å². The molecule has 0 aliphatic heterocycles. The molecule has 9 heteroatoms. The average molecular weight is 461 g/mol. The van der Waals surface area contributed by atoms with Crippen molar-refractivity contribution in [3.05, 3.63) is 89.5 Å². The van der Waals surface area contributed by atoms with E-state index in [2.05, 4.69) is 15.8 Å². The molecule has 2 N–H and O–H groups in total. The van der Waals surface area contributed by atoms with Gasteiger partial charge in [-0.1, -0.05) is 12.1 Å². The van der Waals surface area contributed by atoms with Gasteiger partial charge in [0.25, 0.3) is 11.8 Å². The molecular formula is C25H23N3O6. The Morgan fingerprint density at radius 1 is 0.824 bits per heavy atom. The first-order valence-electron chi connectivity index (χ1n) is 10.2. The zero-order chi connectivity index (χ0) is 24.3. The second kappa shape index (κ2) is 11.8.